The predicted octanol–water partition coefficient (Wildman–Crippen LogP) is 7.63. The maximum atomic E-state index is 9.96. The number of rotatable bonds is 36. The molecule has 2 unspecified atom stereocenters. The summed E-state index contributed by atoms with van der Waals surface area (Å²) in [5, 5.41) is 19.9. The van der Waals surface area contributed by atoms with E-state index in [1.807, 2.05) is 0 Å². The van der Waals surface area contributed by atoms with Crippen molar-refractivity contribution in [3.63, 3.8) is 0 Å². The Kier molecular flexibility index (Phi) is 35.7. The summed E-state index contributed by atoms with van der Waals surface area (Å²) < 4.78 is 27.5. The van der Waals surface area contributed by atoms with E-state index in [-0.39, 0.29) is 13.2 Å². The quantitative estimate of drug-likeness (QED) is 0.0726. The van der Waals surface area contributed by atoms with E-state index in [2.05, 4.69) is 13.8 Å². The molecule has 0 saturated carbocycles. The Bertz CT molecular complexity index is 426. The zero-order valence-corrected chi connectivity index (χ0v) is 27.3. The van der Waals surface area contributed by atoms with Gasteiger partial charge in [0, 0.05) is 13.2 Å². The molecule has 0 bridgehead atoms. The van der Waals surface area contributed by atoms with Gasteiger partial charge in [-0.15, -0.1) is 0 Å². The van der Waals surface area contributed by atoms with Crippen LogP contribution in [0.5, 0.6) is 0 Å². The van der Waals surface area contributed by atoms with Crippen LogP contribution in [0.4, 0.5) is 0 Å². The van der Waals surface area contributed by atoms with Crippen LogP contribution in [0.1, 0.15) is 142 Å². The van der Waals surface area contributed by atoms with Crippen LogP contribution in [-0.2, 0) is 23.7 Å². The minimum absolute atomic E-state index is 0.253. The summed E-state index contributed by atoms with van der Waals surface area (Å²) in [6.45, 7) is 8.80. The summed E-state index contributed by atoms with van der Waals surface area (Å²) in [6, 6.07) is 0. The van der Waals surface area contributed by atoms with Crippen LogP contribution < -0.4 is 0 Å². The van der Waals surface area contributed by atoms with Gasteiger partial charge in [-0.25, -0.2) is 0 Å². The largest absolute Gasteiger partial charge is 0.388 e. The Balaban J connectivity index is 3.23. The number of aliphatic hydroxyl groups excluding tert-OH is 2. The molecule has 0 aromatic heterocycles. The minimum atomic E-state index is -0.602. The number of hydrogen-bond acceptors (Lipinski definition) is 7. The lowest BCUT2D eigenvalue weighted by Crippen LogP contribution is -2.24. The van der Waals surface area contributed by atoms with E-state index < -0.39 is 12.2 Å². The number of unbranched alkanes of at least 4 members (excludes halogenated alkanes) is 18. The van der Waals surface area contributed by atoms with Crippen molar-refractivity contribution in [2.75, 3.05) is 66.1 Å². The molecular weight excluding hydrogens is 520 g/mol. The lowest BCUT2D eigenvalue weighted by atomic mass is 10.1. The Labute approximate surface area is 254 Å². The molecule has 0 rings (SSSR count). The molecule has 248 valence electrons. The maximum absolute atomic E-state index is 9.96. The third kappa shape index (κ3) is 35.8. The zero-order valence-electron chi connectivity index (χ0n) is 27.3. The highest BCUT2D eigenvalue weighted by Gasteiger charge is 2.06. The zero-order chi connectivity index (χ0) is 29.9. The molecule has 2 atom stereocenters. The third-order valence-electron chi connectivity index (χ3n) is 7.27. The van der Waals surface area contributed by atoms with Crippen LogP contribution in [0.2, 0.25) is 0 Å². The van der Waals surface area contributed by atoms with E-state index in [1.54, 1.807) is 0 Å². The van der Waals surface area contributed by atoms with Crippen LogP contribution in [0, 0.1) is 0 Å². The maximum Gasteiger partial charge on any atom is 0.101 e. The smallest absolute Gasteiger partial charge is 0.101 e. The van der Waals surface area contributed by atoms with Crippen molar-refractivity contribution in [1.29, 1.82) is 0 Å². The van der Waals surface area contributed by atoms with E-state index >= 15 is 0 Å². The van der Waals surface area contributed by atoms with Crippen LogP contribution in [0.15, 0.2) is 0 Å². The van der Waals surface area contributed by atoms with Crippen molar-refractivity contribution in [3.05, 3.63) is 0 Å². The topological polar surface area (TPSA) is 86.6 Å². The van der Waals surface area contributed by atoms with Crippen LogP contribution >= 0.6 is 0 Å². The van der Waals surface area contributed by atoms with Crippen molar-refractivity contribution in [2.24, 2.45) is 0 Å². The molecule has 0 heterocycles. The fourth-order valence-corrected chi connectivity index (χ4v) is 4.69. The van der Waals surface area contributed by atoms with Gasteiger partial charge in [-0.05, 0) is 12.8 Å². The first-order chi connectivity index (χ1) is 20.2. The second-order valence-corrected chi connectivity index (χ2v) is 11.6. The van der Waals surface area contributed by atoms with Gasteiger partial charge in [0.15, 0.2) is 0 Å². The molecule has 0 aromatic rings. The first-order valence-electron chi connectivity index (χ1n) is 17.5. The summed E-state index contributed by atoms with van der Waals surface area (Å²) in [7, 11) is 0. The highest BCUT2D eigenvalue weighted by Crippen LogP contribution is 2.11. The van der Waals surface area contributed by atoms with Gasteiger partial charge in [-0.2, -0.15) is 0 Å². The molecule has 0 aromatic carbocycles. The van der Waals surface area contributed by atoms with Crippen LogP contribution in [-0.4, -0.2) is 88.5 Å². The SMILES string of the molecule is CCCCCCCCCCCCOCC(O)COCCOCCOCC(O)COCCCCCCCCCCCC. The molecule has 0 aliphatic heterocycles. The molecule has 0 aliphatic rings. The molecular formula is C34H70O7. The Morgan fingerprint density at radius 3 is 0.878 bits per heavy atom. The second-order valence-electron chi connectivity index (χ2n) is 11.6. The van der Waals surface area contributed by atoms with Crippen molar-refractivity contribution in [2.45, 2.75) is 154 Å². The van der Waals surface area contributed by atoms with Crippen molar-refractivity contribution >= 4 is 0 Å². The highest BCUT2D eigenvalue weighted by molar-refractivity contribution is 4.54. The van der Waals surface area contributed by atoms with Crippen molar-refractivity contribution in [3.8, 4) is 0 Å². The van der Waals surface area contributed by atoms with Gasteiger partial charge in [-0.1, -0.05) is 129 Å². The summed E-state index contributed by atoms with van der Waals surface area (Å²) in [6.07, 6.45) is 24.9. The standard InChI is InChI=1S/C34H70O7/c1-3-5-7-9-11-13-15-17-19-21-23-38-29-33(35)31-40-27-25-37-26-28-41-32-34(36)30-39-24-22-20-18-16-14-12-10-8-6-4-2/h33-36H,3-32H2,1-2H3. The van der Waals surface area contributed by atoms with Gasteiger partial charge in [0.1, 0.15) is 12.2 Å². The Hall–Kier alpha value is -0.280. The molecule has 0 fully saturated rings. The highest BCUT2D eigenvalue weighted by atomic mass is 16.6. The third-order valence-corrected chi connectivity index (χ3v) is 7.27. The van der Waals surface area contributed by atoms with Gasteiger partial charge in [0.25, 0.3) is 0 Å². The van der Waals surface area contributed by atoms with E-state index in [9.17, 15) is 10.2 Å². The predicted molar refractivity (Wildman–Crippen MR) is 170 cm³/mol. The van der Waals surface area contributed by atoms with E-state index in [4.69, 9.17) is 23.7 Å². The van der Waals surface area contributed by atoms with E-state index in [1.165, 1.54) is 116 Å². The lowest BCUT2D eigenvalue weighted by molar-refractivity contribution is -0.0476. The molecule has 0 spiro atoms. The van der Waals surface area contributed by atoms with Crippen molar-refractivity contribution < 1.29 is 33.9 Å². The van der Waals surface area contributed by atoms with E-state index in [0.717, 1.165) is 12.8 Å². The summed E-state index contributed by atoms with van der Waals surface area (Å²) in [5.41, 5.74) is 0. The van der Waals surface area contributed by atoms with Gasteiger partial charge >= 0.3 is 0 Å². The number of hydrogen-bond donors (Lipinski definition) is 2. The van der Waals surface area contributed by atoms with Crippen LogP contribution in [0.25, 0.3) is 0 Å². The summed E-state index contributed by atoms with van der Waals surface area (Å²) >= 11 is 0. The normalized spacial score (nSPS) is 13.2. The lowest BCUT2D eigenvalue weighted by Gasteiger charge is -2.13. The van der Waals surface area contributed by atoms with Gasteiger partial charge in [0.05, 0.1) is 52.9 Å². The second kappa shape index (κ2) is 35.9. The fraction of sp³-hybridized carbons (Fsp3) is 1.00. The Morgan fingerprint density at radius 1 is 0.317 bits per heavy atom. The van der Waals surface area contributed by atoms with Gasteiger partial charge < -0.3 is 33.9 Å². The molecule has 0 aliphatic carbocycles. The summed E-state index contributed by atoms with van der Waals surface area (Å²) in [4.78, 5) is 0. The van der Waals surface area contributed by atoms with Crippen LogP contribution in [0.3, 0.4) is 0 Å². The summed E-state index contributed by atoms with van der Waals surface area (Å²) in [5.74, 6) is 0. The minimum Gasteiger partial charge on any atom is -0.388 e. The van der Waals surface area contributed by atoms with E-state index in [0.29, 0.717) is 52.9 Å². The molecule has 7 nitrogen and oxygen atoms in total. The Morgan fingerprint density at radius 2 is 0.561 bits per heavy atom. The van der Waals surface area contributed by atoms with Crippen molar-refractivity contribution in [1.82, 2.24) is 0 Å². The van der Waals surface area contributed by atoms with Gasteiger partial charge in [0.2, 0.25) is 0 Å². The molecule has 0 saturated heterocycles. The molecule has 7 heteroatoms. The average Bonchev–Trinajstić information content (AvgIpc) is 2.97. The first kappa shape index (κ1) is 40.7. The fourth-order valence-electron chi connectivity index (χ4n) is 4.69. The monoisotopic (exact) mass is 591 g/mol. The molecule has 0 radical (unpaired) electrons. The first-order valence-corrected chi connectivity index (χ1v) is 17.5. The molecule has 2 N–H and O–H groups in total. The van der Waals surface area contributed by atoms with Gasteiger partial charge in [-0.3, -0.25) is 0 Å². The average molecular weight is 591 g/mol. The number of aliphatic hydroxyl groups is 2. The number of ether oxygens (including phenoxy) is 5. The molecule has 0 amide bonds. The molecule has 41 heavy (non-hydrogen) atoms.